The van der Waals surface area contributed by atoms with E-state index in [9.17, 15) is 0 Å². The van der Waals surface area contributed by atoms with E-state index < -0.39 is 0 Å². The molecule has 13 aromatic carbocycles. The van der Waals surface area contributed by atoms with Crippen LogP contribution in [-0.2, 0) is 0 Å². The van der Waals surface area contributed by atoms with Gasteiger partial charge in [-0.1, -0.05) is 243 Å². The molecule has 2 aromatic heterocycles. The molecule has 0 unspecified atom stereocenters. The molecule has 15 aromatic rings. The molecule has 354 valence electrons. The fraction of sp³-hybridized carbons (Fsp3) is 0. The summed E-state index contributed by atoms with van der Waals surface area (Å²) in [6.45, 7) is 0. The van der Waals surface area contributed by atoms with Gasteiger partial charge in [0.2, 0.25) is 0 Å². The van der Waals surface area contributed by atoms with E-state index in [1.807, 2.05) is 0 Å². The average Bonchev–Trinajstić information content (AvgIpc) is 4.17. The van der Waals surface area contributed by atoms with Crippen molar-refractivity contribution in [1.29, 1.82) is 0 Å². The highest BCUT2D eigenvalue weighted by atomic mass is 15.0. The van der Waals surface area contributed by atoms with Crippen molar-refractivity contribution in [3.05, 3.63) is 291 Å². The number of benzene rings is 13. The minimum atomic E-state index is 1.12. The maximum absolute atomic E-state index is 2.53. The molecule has 2 nitrogen and oxygen atoms in total. The van der Waals surface area contributed by atoms with E-state index in [0.29, 0.717) is 0 Å². The maximum atomic E-state index is 2.53. The molecule has 0 aliphatic heterocycles. The lowest BCUT2D eigenvalue weighted by Crippen LogP contribution is -1.99. The molecule has 0 N–H and O–H groups in total. The lowest BCUT2D eigenvalue weighted by molar-refractivity contribution is 1.14. The maximum Gasteiger partial charge on any atom is 0.0619 e. The van der Waals surface area contributed by atoms with Crippen LogP contribution in [0.1, 0.15) is 0 Å². The molecule has 0 saturated heterocycles. The molecule has 2 heteroatoms. The third kappa shape index (κ3) is 7.03. The van der Waals surface area contributed by atoms with Crippen LogP contribution in [0.3, 0.4) is 0 Å². The summed E-state index contributed by atoms with van der Waals surface area (Å²) in [5, 5.41) is 12.0. The van der Waals surface area contributed by atoms with Crippen LogP contribution in [0.2, 0.25) is 0 Å². The molecule has 0 aliphatic carbocycles. The fourth-order valence-electron chi connectivity index (χ4n) is 12.3. The second-order valence-corrected chi connectivity index (χ2v) is 20.0. The van der Waals surface area contributed by atoms with E-state index >= 15 is 0 Å². The topological polar surface area (TPSA) is 9.86 Å². The first-order chi connectivity index (χ1) is 37.7. The second kappa shape index (κ2) is 17.9. The quantitative estimate of drug-likeness (QED) is 0.134. The third-order valence-corrected chi connectivity index (χ3v) is 15.6. The Morgan fingerprint density at radius 2 is 0.461 bits per heavy atom. The number of rotatable bonds is 8. The first-order valence-electron chi connectivity index (χ1n) is 26.2. The zero-order valence-corrected chi connectivity index (χ0v) is 41.6. The molecule has 15 rings (SSSR count). The van der Waals surface area contributed by atoms with E-state index in [4.69, 9.17) is 0 Å². The van der Waals surface area contributed by atoms with Crippen LogP contribution in [0, 0.1) is 0 Å². The van der Waals surface area contributed by atoms with Crippen molar-refractivity contribution in [2.45, 2.75) is 0 Å². The molecule has 0 spiro atoms. The van der Waals surface area contributed by atoms with Gasteiger partial charge >= 0.3 is 0 Å². The Balaban J connectivity index is 1.18. The molecular formula is C74H48N2. The number of fused-ring (bicyclic) bond motifs is 6. The predicted octanol–water partition coefficient (Wildman–Crippen LogP) is 20.2. The summed E-state index contributed by atoms with van der Waals surface area (Å²) >= 11 is 0. The van der Waals surface area contributed by atoms with Gasteiger partial charge < -0.3 is 9.13 Å². The van der Waals surface area contributed by atoms with Gasteiger partial charge in [-0.25, -0.2) is 0 Å². The van der Waals surface area contributed by atoms with Crippen molar-refractivity contribution in [1.82, 2.24) is 9.13 Å². The molecule has 2 heterocycles. The van der Waals surface area contributed by atoms with Gasteiger partial charge in [0, 0.05) is 33.3 Å². The fourth-order valence-corrected chi connectivity index (χ4v) is 12.3. The van der Waals surface area contributed by atoms with Gasteiger partial charge in [-0.15, -0.1) is 0 Å². The number of hydrogen-bond donors (Lipinski definition) is 0. The first-order valence-corrected chi connectivity index (χ1v) is 26.2. The van der Waals surface area contributed by atoms with Crippen LogP contribution in [0.4, 0.5) is 0 Å². The van der Waals surface area contributed by atoms with E-state index in [1.54, 1.807) is 0 Å². The largest absolute Gasteiger partial charge is 0.309 e. The van der Waals surface area contributed by atoms with Gasteiger partial charge in [0.25, 0.3) is 0 Å². The number of nitrogens with zero attached hydrogens (tertiary/aromatic N) is 2. The zero-order valence-electron chi connectivity index (χ0n) is 41.6. The minimum Gasteiger partial charge on any atom is -0.309 e. The van der Waals surface area contributed by atoms with Gasteiger partial charge in [0.05, 0.1) is 22.4 Å². The minimum absolute atomic E-state index is 1.12. The monoisotopic (exact) mass is 964 g/mol. The molecule has 0 atom stereocenters. The van der Waals surface area contributed by atoms with Crippen LogP contribution in [0.5, 0.6) is 0 Å². The average molecular weight is 965 g/mol. The summed E-state index contributed by atoms with van der Waals surface area (Å²) in [5.74, 6) is 0. The molecule has 0 fully saturated rings. The Labute approximate surface area is 441 Å². The zero-order chi connectivity index (χ0) is 50.1. The van der Waals surface area contributed by atoms with Crippen molar-refractivity contribution >= 4 is 64.9 Å². The van der Waals surface area contributed by atoms with E-state index in [0.717, 1.165) is 44.9 Å². The van der Waals surface area contributed by atoms with Gasteiger partial charge in [-0.2, -0.15) is 0 Å². The predicted molar refractivity (Wildman–Crippen MR) is 323 cm³/mol. The molecule has 0 aliphatic rings. The summed E-state index contributed by atoms with van der Waals surface area (Å²) in [4.78, 5) is 0. The van der Waals surface area contributed by atoms with Crippen molar-refractivity contribution < 1.29 is 0 Å². The first kappa shape index (κ1) is 43.6. The molecule has 76 heavy (non-hydrogen) atoms. The van der Waals surface area contributed by atoms with E-state index in [2.05, 4.69) is 300 Å². The van der Waals surface area contributed by atoms with Crippen LogP contribution < -0.4 is 0 Å². The normalized spacial score (nSPS) is 11.7. The lowest BCUT2D eigenvalue weighted by Gasteiger charge is -2.20. The summed E-state index contributed by atoms with van der Waals surface area (Å²) in [6.07, 6.45) is 0. The van der Waals surface area contributed by atoms with Crippen LogP contribution in [0.15, 0.2) is 291 Å². The van der Waals surface area contributed by atoms with Crippen molar-refractivity contribution in [3.63, 3.8) is 0 Å². The van der Waals surface area contributed by atoms with Gasteiger partial charge in [-0.3, -0.25) is 0 Å². The number of aromatic nitrogens is 2. The highest BCUT2D eigenvalue weighted by molar-refractivity contribution is 6.27. The van der Waals surface area contributed by atoms with Crippen molar-refractivity contribution in [3.8, 4) is 78.4 Å². The summed E-state index contributed by atoms with van der Waals surface area (Å²) < 4.78 is 5.07. The molecule has 0 saturated carbocycles. The van der Waals surface area contributed by atoms with Gasteiger partial charge in [0.1, 0.15) is 0 Å². The van der Waals surface area contributed by atoms with E-state index in [1.165, 1.54) is 98.4 Å². The Morgan fingerprint density at radius 3 is 0.803 bits per heavy atom. The Bertz CT molecular complexity index is 4390. The lowest BCUT2D eigenvalue weighted by atomic mass is 9.84. The van der Waals surface area contributed by atoms with Crippen LogP contribution in [-0.4, -0.2) is 9.13 Å². The van der Waals surface area contributed by atoms with E-state index in [-0.39, 0.29) is 0 Å². The van der Waals surface area contributed by atoms with Crippen LogP contribution in [0.25, 0.3) is 143 Å². The van der Waals surface area contributed by atoms with Crippen molar-refractivity contribution in [2.75, 3.05) is 0 Å². The summed E-state index contributed by atoms with van der Waals surface area (Å²) in [6, 6.07) is 108. The molecular weight excluding hydrogens is 917 g/mol. The molecule has 0 amide bonds. The van der Waals surface area contributed by atoms with Gasteiger partial charge in [-0.05, 0) is 136 Å². The summed E-state index contributed by atoms with van der Waals surface area (Å²) in [5.41, 5.74) is 18.7. The third-order valence-electron chi connectivity index (χ3n) is 15.6. The highest BCUT2D eigenvalue weighted by Crippen LogP contribution is 2.52. The molecule has 0 radical (unpaired) electrons. The SMILES string of the molecule is c1ccc(-c2c3cc4c(-c5ccccc5)c(-c5ccccc5)n(-c5ccc6ccccc6c5)c4cc3c(-c3ccccc3)c3cc4c(-c5ccccc5)c(-c5ccccc5)n(-c5ccc6ccccc6c5)c4cc23)cc1. The highest BCUT2D eigenvalue weighted by Gasteiger charge is 2.28. The standard InChI is InChI=1S/C74H48N2/c1-7-25-51(26-8-1)69-61-45-65-68(76(60-42-40-50-24-20-22-38-58(50)44-60)73(55-33-15-5-16-34-55)71(65)53-29-11-3-12-30-53)48-64(61)70(52-27-9-2-10-28-52)62-46-66-67(47-63(62)69)75(59-41-39-49-23-19-21-37-57(49)43-59)74(56-35-17-6-18-36-56)72(66)54-31-13-4-14-32-54/h1-48H. The second-order valence-electron chi connectivity index (χ2n) is 20.0. The molecule has 0 bridgehead atoms. The van der Waals surface area contributed by atoms with Crippen LogP contribution >= 0.6 is 0 Å². The Hall–Kier alpha value is -10.0. The smallest absolute Gasteiger partial charge is 0.0619 e. The van der Waals surface area contributed by atoms with Gasteiger partial charge in [0.15, 0.2) is 0 Å². The Kier molecular flexibility index (Phi) is 10.2. The summed E-state index contributed by atoms with van der Waals surface area (Å²) in [7, 11) is 0. The Morgan fingerprint density at radius 1 is 0.184 bits per heavy atom. The van der Waals surface area contributed by atoms with Crippen molar-refractivity contribution in [2.24, 2.45) is 0 Å². The number of hydrogen-bond acceptors (Lipinski definition) is 0.